The highest BCUT2D eigenvalue weighted by molar-refractivity contribution is 5.85. The number of carbonyl (C=O) groups is 1. The Hall–Kier alpha value is -1.56. The topological polar surface area (TPSA) is 60.0 Å². The van der Waals surface area contributed by atoms with Crippen LogP contribution in [0.4, 0.5) is 0 Å². The first-order valence-corrected chi connectivity index (χ1v) is 8.59. The SMILES string of the molecule is C=CCNC(=NCC(=O)N(C)C)NC1CC2CCCC(C1)N2C. The van der Waals surface area contributed by atoms with Crippen molar-refractivity contribution >= 4 is 11.9 Å². The molecule has 2 unspecified atom stereocenters. The predicted octanol–water partition coefficient (Wildman–Crippen LogP) is 0.811. The Morgan fingerprint density at radius 1 is 1.35 bits per heavy atom. The molecule has 0 aromatic heterocycles. The van der Waals surface area contributed by atoms with E-state index >= 15 is 0 Å². The molecule has 2 aliphatic rings. The summed E-state index contributed by atoms with van der Waals surface area (Å²) in [6.45, 7) is 4.54. The minimum absolute atomic E-state index is 0.00458. The lowest BCUT2D eigenvalue weighted by Crippen LogP contribution is -2.56. The molecule has 0 aliphatic carbocycles. The Morgan fingerprint density at radius 2 is 2.00 bits per heavy atom. The summed E-state index contributed by atoms with van der Waals surface area (Å²) in [6.07, 6.45) is 8.01. The lowest BCUT2D eigenvalue weighted by Gasteiger charge is -2.47. The predicted molar refractivity (Wildman–Crippen MR) is 94.5 cm³/mol. The Bertz CT molecular complexity index is 434. The van der Waals surface area contributed by atoms with Gasteiger partial charge >= 0.3 is 0 Å². The van der Waals surface area contributed by atoms with Crippen LogP contribution >= 0.6 is 0 Å². The summed E-state index contributed by atoms with van der Waals surface area (Å²) in [7, 11) is 5.76. The van der Waals surface area contributed by atoms with Gasteiger partial charge in [-0.25, -0.2) is 4.99 Å². The number of aliphatic imine (C=N–C) groups is 1. The fourth-order valence-corrected chi connectivity index (χ4v) is 3.54. The van der Waals surface area contributed by atoms with Crippen molar-refractivity contribution in [3.63, 3.8) is 0 Å². The maximum Gasteiger partial charge on any atom is 0.243 e. The van der Waals surface area contributed by atoms with Crippen LogP contribution in [0.2, 0.25) is 0 Å². The third-order valence-corrected chi connectivity index (χ3v) is 4.97. The van der Waals surface area contributed by atoms with E-state index in [0.717, 1.165) is 12.8 Å². The van der Waals surface area contributed by atoms with Gasteiger partial charge in [0.05, 0.1) is 0 Å². The van der Waals surface area contributed by atoms with Crippen molar-refractivity contribution in [1.29, 1.82) is 0 Å². The highest BCUT2D eigenvalue weighted by Crippen LogP contribution is 2.32. The molecule has 2 aliphatic heterocycles. The second-order valence-electron chi connectivity index (χ2n) is 6.84. The number of hydrogen-bond donors (Lipinski definition) is 2. The molecule has 0 aromatic rings. The Kier molecular flexibility index (Phi) is 6.45. The largest absolute Gasteiger partial charge is 0.354 e. The van der Waals surface area contributed by atoms with E-state index < -0.39 is 0 Å². The van der Waals surface area contributed by atoms with Gasteiger partial charge in [-0.2, -0.15) is 0 Å². The van der Waals surface area contributed by atoms with Gasteiger partial charge in [0.15, 0.2) is 5.96 Å². The molecule has 1 amide bonds. The van der Waals surface area contributed by atoms with Crippen LogP contribution in [0, 0.1) is 0 Å². The van der Waals surface area contributed by atoms with Crippen LogP contribution in [0.15, 0.2) is 17.6 Å². The first kappa shape index (κ1) is 17.8. The van der Waals surface area contributed by atoms with Crippen LogP contribution in [0.25, 0.3) is 0 Å². The standard InChI is InChI=1S/C17H31N5O/c1-5-9-18-17(19-12-16(23)21(2)3)20-13-10-14-7-6-8-15(11-13)22(14)4/h5,13-15H,1,6-12H2,2-4H3,(H2,18,19,20). The second kappa shape index (κ2) is 8.34. The maximum atomic E-state index is 11.8. The summed E-state index contributed by atoms with van der Waals surface area (Å²) in [5.41, 5.74) is 0. The van der Waals surface area contributed by atoms with Crippen LogP contribution in [0.3, 0.4) is 0 Å². The van der Waals surface area contributed by atoms with E-state index in [1.807, 2.05) is 0 Å². The summed E-state index contributed by atoms with van der Waals surface area (Å²) >= 11 is 0. The molecule has 2 bridgehead atoms. The molecule has 2 N–H and O–H groups in total. The van der Waals surface area contributed by atoms with E-state index in [2.05, 4.69) is 34.2 Å². The smallest absolute Gasteiger partial charge is 0.243 e. The van der Waals surface area contributed by atoms with E-state index in [9.17, 15) is 4.79 Å². The number of carbonyl (C=O) groups excluding carboxylic acids is 1. The number of guanidine groups is 1. The molecule has 130 valence electrons. The molecular weight excluding hydrogens is 290 g/mol. The molecule has 2 saturated heterocycles. The number of likely N-dealkylation sites (N-methyl/N-ethyl adjacent to an activating group) is 1. The summed E-state index contributed by atoms with van der Waals surface area (Å²) in [5, 5.41) is 6.75. The molecule has 0 spiro atoms. The Labute approximate surface area is 140 Å². The van der Waals surface area contributed by atoms with Gasteiger partial charge in [0.2, 0.25) is 5.91 Å². The minimum atomic E-state index is 0.00458. The van der Waals surface area contributed by atoms with Gasteiger partial charge in [0.25, 0.3) is 0 Å². The van der Waals surface area contributed by atoms with Gasteiger partial charge in [-0.1, -0.05) is 12.5 Å². The molecular formula is C17H31N5O. The zero-order valence-electron chi connectivity index (χ0n) is 14.7. The fraction of sp³-hybridized carbons (Fsp3) is 0.765. The highest BCUT2D eigenvalue weighted by atomic mass is 16.2. The summed E-state index contributed by atoms with van der Waals surface area (Å²) in [5.74, 6) is 0.720. The molecule has 0 saturated carbocycles. The third-order valence-electron chi connectivity index (χ3n) is 4.97. The van der Waals surface area contributed by atoms with Gasteiger partial charge in [-0.15, -0.1) is 6.58 Å². The number of nitrogens with one attached hydrogen (secondary N) is 2. The van der Waals surface area contributed by atoms with Gasteiger partial charge in [0, 0.05) is 38.8 Å². The van der Waals surface area contributed by atoms with Crippen LogP contribution in [0.1, 0.15) is 32.1 Å². The molecule has 0 aromatic carbocycles. The zero-order valence-corrected chi connectivity index (χ0v) is 14.7. The van der Waals surface area contributed by atoms with Gasteiger partial charge in [-0.3, -0.25) is 4.79 Å². The van der Waals surface area contributed by atoms with Crippen molar-refractivity contribution in [2.45, 2.75) is 50.2 Å². The average Bonchev–Trinajstić information content (AvgIpc) is 2.50. The number of amides is 1. The van der Waals surface area contributed by atoms with Gasteiger partial charge < -0.3 is 20.4 Å². The third kappa shape index (κ3) is 4.96. The van der Waals surface area contributed by atoms with Crippen LogP contribution in [0.5, 0.6) is 0 Å². The number of rotatable bonds is 5. The molecule has 2 fully saturated rings. The van der Waals surface area contributed by atoms with E-state index in [1.54, 1.807) is 25.1 Å². The Morgan fingerprint density at radius 3 is 2.57 bits per heavy atom. The molecule has 2 atom stereocenters. The number of fused-ring (bicyclic) bond motifs is 2. The second-order valence-corrected chi connectivity index (χ2v) is 6.84. The number of hydrogen-bond acceptors (Lipinski definition) is 3. The van der Waals surface area contributed by atoms with E-state index in [-0.39, 0.29) is 12.5 Å². The minimum Gasteiger partial charge on any atom is -0.354 e. The average molecular weight is 321 g/mol. The lowest BCUT2D eigenvalue weighted by molar-refractivity contribution is -0.127. The monoisotopic (exact) mass is 321 g/mol. The first-order valence-electron chi connectivity index (χ1n) is 8.59. The highest BCUT2D eigenvalue weighted by Gasteiger charge is 2.36. The molecule has 2 heterocycles. The van der Waals surface area contributed by atoms with E-state index in [4.69, 9.17) is 0 Å². The van der Waals surface area contributed by atoms with Crippen LogP contribution in [-0.2, 0) is 4.79 Å². The number of nitrogens with zero attached hydrogens (tertiary/aromatic N) is 3. The normalized spacial score (nSPS) is 28.1. The number of piperidine rings is 2. The fourth-order valence-electron chi connectivity index (χ4n) is 3.54. The first-order chi connectivity index (χ1) is 11.0. The van der Waals surface area contributed by atoms with E-state index in [1.165, 1.54) is 19.3 Å². The quantitative estimate of drug-likeness (QED) is 0.447. The van der Waals surface area contributed by atoms with Crippen molar-refractivity contribution < 1.29 is 4.79 Å². The van der Waals surface area contributed by atoms with Crippen LogP contribution < -0.4 is 10.6 Å². The van der Waals surface area contributed by atoms with E-state index in [0.29, 0.717) is 30.6 Å². The van der Waals surface area contributed by atoms with Crippen LogP contribution in [-0.4, -0.2) is 74.0 Å². The lowest BCUT2D eigenvalue weighted by atomic mass is 9.82. The molecule has 6 heteroatoms. The van der Waals surface area contributed by atoms with Crippen molar-refractivity contribution in [2.75, 3.05) is 34.2 Å². The van der Waals surface area contributed by atoms with Gasteiger partial charge in [0.1, 0.15) is 6.54 Å². The molecule has 23 heavy (non-hydrogen) atoms. The molecule has 0 radical (unpaired) electrons. The summed E-state index contributed by atoms with van der Waals surface area (Å²) in [6, 6.07) is 1.76. The molecule has 2 rings (SSSR count). The zero-order chi connectivity index (χ0) is 16.8. The van der Waals surface area contributed by atoms with Gasteiger partial charge in [-0.05, 0) is 32.7 Å². The maximum absolute atomic E-state index is 11.8. The summed E-state index contributed by atoms with van der Waals surface area (Å²) in [4.78, 5) is 20.3. The van der Waals surface area contributed by atoms with Crippen molar-refractivity contribution in [3.05, 3.63) is 12.7 Å². The van der Waals surface area contributed by atoms with Crippen molar-refractivity contribution in [3.8, 4) is 0 Å². The van der Waals surface area contributed by atoms with Crippen molar-refractivity contribution in [2.24, 2.45) is 4.99 Å². The molecule has 6 nitrogen and oxygen atoms in total. The summed E-state index contributed by atoms with van der Waals surface area (Å²) < 4.78 is 0. The Balaban J connectivity index is 1.95. The van der Waals surface area contributed by atoms with Crippen molar-refractivity contribution in [1.82, 2.24) is 20.4 Å².